The van der Waals surface area contributed by atoms with Crippen molar-refractivity contribution in [1.82, 2.24) is 5.32 Å². The van der Waals surface area contributed by atoms with Gasteiger partial charge in [-0.2, -0.15) is 0 Å². The highest BCUT2D eigenvalue weighted by molar-refractivity contribution is 9.10. The number of methoxy groups -OCH3 is 2. The molecule has 1 aromatic rings. The van der Waals surface area contributed by atoms with Crippen LogP contribution in [0.4, 0.5) is 0 Å². The fraction of sp³-hybridized carbons (Fsp3) is 0.417. The molecule has 0 heterocycles. The minimum atomic E-state index is -0.0315. The zero-order valence-corrected chi connectivity index (χ0v) is 11.5. The summed E-state index contributed by atoms with van der Waals surface area (Å²) in [5.41, 5.74) is 0.902. The molecule has 0 aliphatic rings. The van der Waals surface area contributed by atoms with E-state index in [4.69, 9.17) is 9.47 Å². The molecule has 1 N–H and O–H groups in total. The van der Waals surface area contributed by atoms with E-state index in [-0.39, 0.29) is 5.91 Å². The minimum Gasteiger partial charge on any atom is -0.497 e. The number of halogens is 1. The van der Waals surface area contributed by atoms with Gasteiger partial charge in [0.2, 0.25) is 5.91 Å². The van der Waals surface area contributed by atoms with Crippen molar-refractivity contribution >= 4 is 21.8 Å². The summed E-state index contributed by atoms with van der Waals surface area (Å²) in [5, 5.41) is 2.77. The van der Waals surface area contributed by atoms with Gasteiger partial charge < -0.3 is 14.8 Å². The van der Waals surface area contributed by atoms with Gasteiger partial charge in [-0.25, -0.2) is 0 Å². The topological polar surface area (TPSA) is 47.6 Å². The van der Waals surface area contributed by atoms with Crippen molar-refractivity contribution in [2.45, 2.75) is 6.42 Å². The lowest BCUT2D eigenvalue weighted by Crippen LogP contribution is -2.28. The van der Waals surface area contributed by atoms with Gasteiger partial charge in [0.25, 0.3) is 0 Å². The molecule has 0 unspecified atom stereocenters. The highest BCUT2D eigenvalue weighted by Crippen LogP contribution is 2.22. The molecule has 0 aromatic heterocycles. The maximum Gasteiger partial charge on any atom is 0.224 e. The van der Waals surface area contributed by atoms with Crippen LogP contribution in [0.2, 0.25) is 0 Å². The number of carbonyl (C=O) groups is 1. The molecule has 0 fully saturated rings. The normalized spacial score (nSPS) is 10.1. The predicted molar refractivity (Wildman–Crippen MR) is 69.3 cm³/mol. The van der Waals surface area contributed by atoms with E-state index in [1.54, 1.807) is 14.2 Å². The van der Waals surface area contributed by atoms with E-state index >= 15 is 0 Å². The summed E-state index contributed by atoms with van der Waals surface area (Å²) in [6.07, 6.45) is 0.321. The number of benzene rings is 1. The Morgan fingerprint density at radius 1 is 1.41 bits per heavy atom. The first-order valence-electron chi connectivity index (χ1n) is 5.25. The Morgan fingerprint density at radius 2 is 2.18 bits per heavy atom. The van der Waals surface area contributed by atoms with Crippen LogP contribution in [-0.2, 0) is 16.0 Å². The Kier molecular flexibility index (Phi) is 6.00. The first-order valence-corrected chi connectivity index (χ1v) is 6.04. The smallest absolute Gasteiger partial charge is 0.224 e. The number of hydrogen-bond donors (Lipinski definition) is 1. The molecule has 0 spiro atoms. The van der Waals surface area contributed by atoms with Gasteiger partial charge in [0.1, 0.15) is 5.75 Å². The molecule has 17 heavy (non-hydrogen) atoms. The number of rotatable bonds is 6. The number of amides is 1. The molecule has 4 nitrogen and oxygen atoms in total. The molecule has 1 aromatic carbocycles. The number of hydrogen-bond acceptors (Lipinski definition) is 3. The van der Waals surface area contributed by atoms with Crippen molar-refractivity contribution in [1.29, 1.82) is 0 Å². The van der Waals surface area contributed by atoms with Gasteiger partial charge in [0.05, 0.1) is 20.1 Å². The molecular formula is C12H16BrNO3. The highest BCUT2D eigenvalue weighted by Gasteiger charge is 2.07. The fourth-order valence-electron chi connectivity index (χ4n) is 1.34. The van der Waals surface area contributed by atoms with Gasteiger partial charge in [0, 0.05) is 18.1 Å². The minimum absolute atomic E-state index is 0.0315. The average molecular weight is 302 g/mol. The van der Waals surface area contributed by atoms with Crippen molar-refractivity contribution in [3.05, 3.63) is 28.2 Å². The molecule has 94 valence electrons. The van der Waals surface area contributed by atoms with E-state index in [1.165, 1.54) is 0 Å². The molecular weight excluding hydrogens is 286 g/mol. The first-order chi connectivity index (χ1) is 8.17. The zero-order chi connectivity index (χ0) is 12.7. The Hall–Kier alpha value is -1.07. The monoisotopic (exact) mass is 301 g/mol. The molecule has 0 saturated heterocycles. The van der Waals surface area contributed by atoms with Crippen molar-refractivity contribution in [3.63, 3.8) is 0 Å². The van der Waals surface area contributed by atoms with E-state index in [2.05, 4.69) is 21.2 Å². The van der Waals surface area contributed by atoms with E-state index in [1.807, 2.05) is 18.2 Å². The molecule has 1 amide bonds. The van der Waals surface area contributed by atoms with Crippen LogP contribution in [-0.4, -0.2) is 33.3 Å². The Balaban J connectivity index is 2.57. The maximum absolute atomic E-state index is 11.6. The molecule has 0 aliphatic carbocycles. The summed E-state index contributed by atoms with van der Waals surface area (Å²) < 4.78 is 10.9. The molecule has 0 bridgehead atoms. The van der Waals surface area contributed by atoms with Gasteiger partial charge in [-0.3, -0.25) is 4.79 Å². The molecule has 0 saturated carbocycles. The SMILES string of the molecule is COCCNC(=O)Cc1cc(OC)ccc1Br. The quantitative estimate of drug-likeness (QED) is 0.815. The van der Waals surface area contributed by atoms with E-state index in [0.717, 1.165) is 15.8 Å². The van der Waals surface area contributed by atoms with Gasteiger partial charge in [-0.15, -0.1) is 0 Å². The Morgan fingerprint density at radius 3 is 2.82 bits per heavy atom. The lowest BCUT2D eigenvalue weighted by atomic mass is 10.1. The van der Waals surface area contributed by atoms with Gasteiger partial charge in [-0.05, 0) is 23.8 Å². The van der Waals surface area contributed by atoms with Gasteiger partial charge in [0.15, 0.2) is 0 Å². The molecule has 0 radical (unpaired) electrons. The van der Waals surface area contributed by atoms with Crippen molar-refractivity contribution in [2.75, 3.05) is 27.4 Å². The fourth-order valence-corrected chi connectivity index (χ4v) is 1.73. The lowest BCUT2D eigenvalue weighted by Gasteiger charge is -2.08. The van der Waals surface area contributed by atoms with Crippen LogP contribution >= 0.6 is 15.9 Å². The van der Waals surface area contributed by atoms with Gasteiger partial charge in [-0.1, -0.05) is 15.9 Å². The summed E-state index contributed by atoms with van der Waals surface area (Å²) in [7, 11) is 3.20. The standard InChI is InChI=1S/C12H16BrNO3/c1-16-6-5-14-12(15)8-9-7-10(17-2)3-4-11(9)13/h3-4,7H,5-6,8H2,1-2H3,(H,14,15). The molecule has 0 aliphatic heterocycles. The van der Waals surface area contributed by atoms with Crippen LogP contribution < -0.4 is 10.1 Å². The highest BCUT2D eigenvalue weighted by atomic mass is 79.9. The number of carbonyl (C=O) groups excluding carboxylic acids is 1. The number of nitrogens with one attached hydrogen (secondary N) is 1. The number of ether oxygens (including phenoxy) is 2. The van der Waals surface area contributed by atoms with Gasteiger partial charge >= 0.3 is 0 Å². The molecule has 5 heteroatoms. The van der Waals surface area contributed by atoms with Crippen LogP contribution in [0.25, 0.3) is 0 Å². The third kappa shape index (κ3) is 4.75. The first kappa shape index (κ1) is 14.0. The van der Waals surface area contributed by atoms with E-state index in [0.29, 0.717) is 19.6 Å². The average Bonchev–Trinajstić information content (AvgIpc) is 2.32. The predicted octanol–water partition coefficient (Wildman–Crippen LogP) is 1.76. The molecule has 1 rings (SSSR count). The summed E-state index contributed by atoms with van der Waals surface area (Å²) in [5.74, 6) is 0.712. The van der Waals surface area contributed by atoms with Crippen molar-refractivity contribution < 1.29 is 14.3 Å². The largest absolute Gasteiger partial charge is 0.497 e. The Labute approximate surface area is 109 Å². The van der Waals surface area contributed by atoms with Crippen LogP contribution in [0.3, 0.4) is 0 Å². The van der Waals surface area contributed by atoms with Crippen LogP contribution in [0.5, 0.6) is 5.75 Å². The third-order valence-electron chi connectivity index (χ3n) is 2.23. The molecule has 0 atom stereocenters. The summed E-state index contributed by atoms with van der Waals surface area (Å²) in [6.45, 7) is 1.04. The van der Waals surface area contributed by atoms with E-state index < -0.39 is 0 Å². The van der Waals surface area contributed by atoms with Crippen LogP contribution in [0, 0.1) is 0 Å². The summed E-state index contributed by atoms with van der Waals surface area (Å²) in [4.78, 5) is 11.6. The van der Waals surface area contributed by atoms with Crippen molar-refractivity contribution in [2.24, 2.45) is 0 Å². The lowest BCUT2D eigenvalue weighted by molar-refractivity contribution is -0.120. The summed E-state index contributed by atoms with van der Waals surface area (Å²) >= 11 is 3.41. The second-order valence-electron chi connectivity index (χ2n) is 3.48. The maximum atomic E-state index is 11.6. The summed E-state index contributed by atoms with van der Waals surface area (Å²) in [6, 6.07) is 5.56. The second-order valence-corrected chi connectivity index (χ2v) is 4.33. The van der Waals surface area contributed by atoms with Crippen LogP contribution in [0.15, 0.2) is 22.7 Å². The third-order valence-corrected chi connectivity index (χ3v) is 3.01. The Bertz CT molecular complexity index is 382. The van der Waals surface area contributed by atoms with Crippen LogP contribution in [0.1, 0.15) is 5.56 Å². The zero-order valence-electron chi connectivity index (χ0n) is 9.96. The second kappa shape index (κ2) is 7.29. The van der Waals surface area contributed by atoms with Crippen molar-refractivity contribution in [3.8, 4) is 5.75 Å². The van der Waals surface area contributed by atoms with E-state index in [9.17, 15) is 4.79 Å².